The Bertz CT molecular complexity index is 1190. The van der Waals surface area contributed by atoms with Crippen LogP contribution in [0.15, 0.2) is 37.4 Å². The molecule has 3 rings (SSSR count). The van der Waals surface area contributed by atoms with Gasteiger partial charge < -0.3 is 19.6 Å². The highest BCUT2D eigenvalue weighted by Crippen LogP contribution is 2.30. The second-order valence-electron chi connectivity index (χ2n) is 6.36. The van der Waals surface area contributed by atoms with E-state index in [0.717, 1.165) is 11.8 Å². The van der Waals surface area contributed by atoms with Gasteiger partial charge in [-0.1, -0.05) is 18.7 Å². The van der Waals surface area contributed by atoms with Crippen LogP contribution in [0.25, 0.3) is 11.5 Å². The number of ketones is 1. The Hall–Kier alpha value is -3.54. The number of aromatic nitrogens is 4. The zero-order valence-electron chi connectivity index (χ0n) is 17.1. The predicted octanol–water partition coefficient (Wildman–Crippen LogP) is 1.57. The summed E-state index contributed by atoms with van der Waals surface area (Å²) in [5.74, 6) is 0.414. The van der Waals surface area contributed by atoms with Crippen molar-refractivity contribution >= 4 is 23.4 Å². The number of anilines is 1. The van der Waals surface area contributed by atoms with Gasteiger partial charge in [-0.3, -0.25) is 19.1 Å². The Morgan fingerprint density at radius 1 is 1.19 bits per heavy atom. The number of benzene rings is 1. The van der Waals surface area contributed by atoms with Crippen molar-refractivity contribution in [3.05, 3.63) is 44.6 Å². The van der Waals surface area contributed by atoms with Gasteiger partial charge in [-0.2, -0.15) is 0 Å². The molecule has 3 aromatic rings. The molecule has 0 amide bonds. The largest absolute Gasteiger partial charge is 0.497 e. The lowest BCUT2D eigenvalue weighted by molar-refractivity contribution is 0.102. The zero-order chi connectivity index (χ0) is 22.5. The molecule has 0 atom stereocenters. The number of hydrogen-bond donors (Lipinski definition) is 2. The molecule has 0 spiro atoms. The summed E-state index contributed by atoms with van der Waals surface area (Å²) in [5, 5.41) is 8.02. The molecule has 0 aliphatic heterocycles. The van der Waals surface area contributed by atoms with Crippen molar-refractivity contribution < 1.29 is 18.7 Å². The predicted molar refractivity (Wildman–Crippen MR) is 114 cm³/mol. The number of ether oxygens (including phenoxy) is 2. The van der Waals surface area contributed by atoms with E-state index in [9.17, 15) is 14.4 Å². The highest BCUT2D eigenvalue weighted by molar-refractivity contribution is 7.99. The summed E-state index contributed by atoms with van der Waals surface area (Å²) < 4.78 is 17.2. The lowest BCUT2D eigenvalue weighted by Crippen LogP contribution is -2.36. The van der Waals surface area contributed by atoms with E-state index < -0.39 is 17.0 Å². The molecule has 0 saturated heterocycles. The zero-order valence-corrected chi connectivity index (χ0v) is 17.9. The van der Waals surface area contributed by atoms with Crippen molar-refractivity contribution in [2.75, 3.05) is 25.7 Å². The summed E-state index contributed by atoms with van der Waals surface area (Å²) >= 11 is 0.952. The number of nitrogens with one attached hydrogen (secondary N) is 1. The number of hydrogen-bond acceptors (Lipinski definition) is 10. The van der Waals surface area contributed by atoms with Gasteiger partial charge in [0.2, 0.25) is 5.89 Å². The third-order valence-electron chi connectivity index (χ3n) is 4.30. The minimum absolute atomic E-state index is 0.127. The Kier molecular flexibility index (Phi) is 6.80. The van der Waals surface area contributed by atoms with E-state index in [1.807, 2.05) is 6.92 Å². The van der Waals surface area contributed by atoms with Crippen molar-refractivity contribution in [2.24, 2.45) is 0 Å². The third-order valence-corrected chi connectivity index (χ3v) is 5.12. The van der Waals surface area contributed by atoms with Crippen molar-refractivity contribution in [1.29, 1.82) is 0 Å². The average Bonchev–Trinajstić information content (AvgIpc) is 3.23. The molecule has 12 heteroatoms. The molecule has 0 radical (unpaired) electrons. The van der Waals surface area contributed by atoms with Crippen molar-refractivity contribution in [3.63, 3.8) is 0 Å². The molecular weight excluding hydrogens is 426 g/mol. The van der Waals surface area contributed by atoms with Gasteiger partial charge in [-0.05, 0) is 18.6 Å². The molecule has 2 heterocycles. The number of H-pyrrole nitrogens is 1. The third kappa shape index (κ3) is 4.79. The lowest BCUT2D eigenvalue weighted by Gasteiger charge is -2.10. The van der Waals surface area contributed by atoms with Crippen LogP contribution in [0.5, 0.6) is 11.5 Å². The second-order valence-corrected chi connectivity index (χ2v) is 7.28. The van der Waals surface area contributed by atoms with E-state index in [4.69, 9.17) is 19.6 Å². The molecule has 0 aliphatic rings. The first-order valence-electron chi connectivity index (χ1n) is 9.23. The van der Waals surface area contributed by atoms with Crippen LogP contribution >= 0.6 is 11.8 Å². The number of nitrogen functional groups attached to an aromatic ring is 1. The maximum Gasteiger partial charge on any atom is 0.329 e. The van der Waals surface area contributed by atoms with Crippen LogP contribution in [0.2, 0.25) is 0 Å². The molecule has 164 valence electrons. The number of carbonyl (C=O) groups is 1. The number of nitrogens with two attached hydrogens (primary N) is 1. The van der Waals surface area contributed by atoms with Gasteiger partial charge in [0.25, 0.3) is 10.8 Å². The SMILES string of the molecule is CCCn1c(N)c(C(=O)CSc2nnc(-c3cc(OC)cc(OC)c3)o2)c(=O)[nH]c1=O. The summed E-state index contributed by atoms with van der Waals surface area (Å²) in [6.07, 6.45) is 0.609. The number of rotatable bonds is 9. The number of methoxy groups -OCH3 is 2. The minimum atomic E-state index is -0.824. The normalized spacial score (nSPS) is 10.8. The van der Waals surface area contributed by atoms with Gasteiger partial charge in [-0.15, -0.1) is 10.2 Å². The number of carbonyl (C=O) groups excluding carboxylic acids is 1. The maximum atomic E-state index is 12.6. The van der Waals surface area contributed by atoms with Gasteiger partial charge in [0.15, 0.2) is 5.78 Å². The topological polar surface area (TPSA) is 155 Å². The molecule has 3 N–H and O–H groups in total. The van der Waals surface area contributed by atoms with Gasteiger partial charge in [0, 0.05) is 18.2 Å². The number of Topliss-reactive ketones (excluding diaryl/α,β-unsaturated/α-hetero) is 1. The molecule has 0 fully saturated rings. The van der Waals surface area contributed by atoms with Crippen LogP contribution in [0.1, 0.15) is 23.7 Å². The molecule has 1 aromatic carbocycles. The first-order chi connectivity index (χ1) is 14.9. The van der Waals surface area contributed by atoms with Crippen LogP contribution in [0.3, 0.4) is 0 Å². The second kappa shape index (κ2) is 9.51. The van der Waals surface area contributed by atoms with Gasteiger partial charge in [0.05, 0.1) is 20.0 Å². The maximum absolute atomic E-state index is 12.6. The molecule has 11 nitrogen and oxygen atoms in total. The van der Waals surface area contributed by atoms with Gasteiger partial charge in [0.1, 0.15) is 22.9 Å². The molecule has 0 saturated carbocycles. The monoisotopic (exact) mass is 447 g/mol. The Morgan fingerprint density at radius 3 is 2.48 bits per heavy atom. The van der Waals surface area contributed by atoms with Crippen molar-refractivity contribution in [3.8, 4) is 23.0 Å². The molecule has 0 unspecified atom stereocenters. The fourth-order valence-electron chi connectivity index (χ4n) is 2.82. The molecule has 0 aliphatic carbocycles. The van der Waals surface area contributed by atoms with E-state index in [1.165, 1.54) is 18.8 Å². The van der Waals surface area contributed by atoms with Crippen LogP contribution in [-0.4, -0.2) is 45.5 Å². The van der Waals surface area contributed by atoms with E-state index in [2.05, 4.69) is 15.2 Å². The standard InChI is InChI=1S/C19H21N5O6S/c1-4-5-24-15(20)14(16(26)21-18(24)27)13(25)9-31-19-23-22-17(30-19)10-6-11(28-2)8-12(7-10)29-3/h6-8H,4-5,9,20H2,1-3H3,(H,21,26,27). The highest BCUT2D eigenvalue weighted by atomic mass is 32.2. The molecule has 31 heavy (non-hydrogen) atoms. The highest BCUT2D eigenvalue weighted by Gasteiger charge is 2.20. The molecule has 2 aromatic heterocycles. The van der Waals surface area contributed by atoms with Crippen LogP contribution in [-0.2, 0) is 6.54 Å². The number of aromatic amines is 1. The minimum Gasteiger partial charge on any atom is -0.497 e. The van der Waals surface area contributed by atoms with Crippen LogP contribution < -0.4 is 26.5 Å². The first kappa shape index (κ1) is 22.2. The Labute approximate surface area is 180 Å². The van der Waals surface area contributed by atoms with Crippen LogP contribution in [0.4, 0.5) is 5.82 Å². The van der Waals surface area contributed by atoms with Gasteiger partial charge >= 0.3 is 5.69 Å². The summed E-state index contributed by atoms with van der Waals surface area (Å²) in [5.41, 5.74) is 4.75. The summed E-state index contributed by atoms with van der Waals surface area (Å²) in [4.78, 5) is 38.8. The average molecular weight is 447 g/mol. The molecule has 0 bridgehead atoms. The quantitative estimate of drug-likeness (QED) is 0.365. The van der Waals surface area contributed by atoms with E-state index in [0.29, 0.717) is 23.5 Å². The fraction of sp³-hybridized carbons (Fsp3) is 0.316. The van der Waals surface area contributed by atoms with E-state index in [-0.39, 0.29) is 34.8 Å². The lowest BCUT2D eigenvalue weighted by atomic mass is 10.2. The number of thioether (sulfide) groups is 1. The van der Waals surface area contributed by atoms with Crippen LogP contribution in [0, 0.1) is 0 Å². The fourth-order valence-corrected chi connectivity index (χ4v) is 3.45. The Morgan fingerprint density at radius 2 is 1.87 bits per heavy atom. The van der Waals surface area contributed by atoms with Gasteiger partial charge in [-0.25, -0.2) is 4.79 Å². The molecular formula is C19H21N5O6S. The summed E-state index contributed by atoms with van der Waals surface area (Å²) in [6.45, 7) is 2.13. The van der Waals surface area contributed by atoms with Crippen molar-refractivity contribution in [1.82, 2.24) is 19.7 Å². The summed E-state index contributed by atoms with van der Waals surface area (Å²) in [7, 11) is 3.05. The van der Waals surface area contributed by atoms with E-state index >= 15 is 0 Å². The Balaban J connectivity index is 1.79. The number of nitrogens with zero attached hydrogens (tertiary/aromatic N) is 3. The first-order valence-corrected chi connectivity index (χ1v) is 10.2. The smallest absolute Gasteiger partial charge is 0.329 e. The van der Waals surface area contributed by atoms with E-state index in [1.54, 1.807) is 18.2 Å². The van der Waals surface area contributed by atoms with Crippen molar-refractivity contribution in [2.45, 2.75) is 25.1 Å². The summed E-state index contributed by atoms with van der Waals surface area (Å²) in [6, 6.07) is 5.10.